The number of urea groups is 1. The number of hydrogen-bond acceptors (Lipinski definition) is 3. The second kappa shape index (κ2) is 6.32. The van der Waals surface area contributed by atoms with Crippen LogP contribution in [0.5, 0.6) is 0 Å². The third-order valence-corrected chi connectivity index (χ3v) is 6.15. The van der Waals surface area contributed by atoms with Gasteiger partial charge >= 0.3 is 6.03 Å². The molecule has 3 aliphatic rings. The van der Waals surface area contributed by atoms with E-state index in [2.05, 4.69) is 37.9 Å². The van der Waals surface area contributed by atoms with Crippen molar-refractivity contribution in [3.05, 3.63) is 0 Å². The average Bonchev–Trinajstić information content (AvgIpc) is 2.69. The Bertz CT molecular complexity index is 519. The normalized spacial score (nSPS) is 37.1. The van der Waals surface area contributed by atoms with E-state index in [1.165, 1.54) is 17.7 Å². The maximum atomic E-state index is 13.2. The lowest BCUT2D eigenvalue weighted by Gasteiger charge is -2.44. The Labute approximate surface area is 146 Å². The molecule has 0 aromatic heterocycles. The predicted octanol–water partition coefficient (Wildman–Crippen LogP) is 3.20. The number of hydrogen-bond donors (Lipinski definition) is 1. The average molecular weight is 335 g/mol. The maximum Gasteiger partial charge on any atom is 0.326 e. The fourth-order valence-corrected chi connectivity index (χ4v) is 5.45. The fraction of sp³-hybridized carbons (Fsp3) is 0.895. The van der Waals surface area contributed by atoms with E-state index in [9.17, 15) is 9.59 Å². The lowest BCUT2D eigenvalue weighted by Crippen LogP contribution is -2.54. The zero-order valence-corrected chi connectivity index (χ0v) is 15.7. The Balaban J connectivity index is 1.72. The van der Waals surface area contributed by atoms with E-state index in [4.69, 9.17) is 0 Å². The van der Waals surface area contributed by atoms with Gasteiger partial charge in [0.1, 0.15) is 5.54 Å². The minimum absolute atomic E-state index is 0.00532. The Morgan fingerprint density at radius 2 is 2.00 bits per heavy atom. The number of carbonyl (C=O) groups excluding carboxylic acids is 2. The zero-order valence-electron chi connectivity index (χ0n) is 15.7. The van der Waals surface area contributed by atoms with Crippen molar-refractivity contribution < 1.29 is 9.59 Å². The molecule has 3 atom stereocenters. The van der Waals surface area contributed by atoms with Crippen molar-refractivity contribution >= 4 is 11.9 Å². The molecule has 0 radical (unpaired) electrons. The van der Waals surface area contributed by atoms with Crippen LogP contribution in [-0.2, 0) is 4.79 Å². The summed E-state index contributed by atoms with van der Waals surface area (Å²) < 4.78 is 0. The molecule has 3 amide bonds. The molecule has 136 valence electrons. The molecule has 0 aromatic carbocycles. The lowest BCUT2D eigenvalue weighted by molar-refractivity contribution is -0.136. The second-order valence-electron chi connectivity index (χ2n) is 9.23. The monoisotopic (exact) mass is 335 g/mol. The molecule has 5 heteroatoms. The summed E-state index contributed by atoms with van der Waals surface area (Å²) in [6.45, 7) is 11.3. The first-order valence-electron chi connectivity index (χ1n) is 9.61. The summed E-state index contributed by atoms with van der Waals surface area (Å²) >= 11 is 0. The fourth-order valence-electron chi connectivity index (χ4n) is 5.45. The number of nitrogens with zero attached hydrogens (tertiary/aromatic N) is 2. The van der Waals surface area contributed by atoms with Gasteiger partial charge in [-0.05, 0) is 55.9 Å². The van der Waals surface area contributed by atoms with Crippen molar-refractivity contribution in [3.63, 3.8) is 0 Å². The van der Waals surface area contributed by atoms with Crippen molar-refractivity contribution in [2.24, 2.45) is 17.3 Å². The van der Waals surface area contributed by atoms with Crippen LogP contribution in [0.25, 0.3) is 0 Å². The molecular formula is C19H33N3O2. The first-order valence-corrected chi connectivity index (χ1v) is 9.61. The van der Waals surface area contributed by atoms with Crippen LogP contribution < -0.4 is 5.32 Å². The van der Waals surface area contributed by atoms with Gasteiger partial charge in [-0.1, -0.05) is 34.1 Å². The number of likely N-dealkylation sites (tertiary alicyclic amines) is 1. The van der Waals surface area contributed by atoms with E-state index < -0.39 is 5.54 Å². The second-order valence-corrected chi connectivity index (χ2v) is 9.23. The van der Waals surface area contributed by atoms with Crippen molar-refractivity contribution in [1.82, 2.24) is 15.1 Å². The van der Waals surface area contributed by atoms with Gasteiger partial charge < -0.3 is 5.32 Å². The summed E-state index contributed by atoms with van der Waals surface area (Å²) in [5.74, 6) is 1.16. The van der Waals surface area contributed by atoms with Gasteiger partial charge in [-0.2, -0.15) is 0 Å². The molecule has 0 aromatic rings. The van der Waals surface area contributed by atoms with Crippen LogP contribution in [0.3, 0.4) is 0 Å². The van der Waals surface area contributed by atoms with Crippen LogP contribution in [0.4, 0.5) is 4.79 Å². The molecule has 3 fully saturated rings. The van der Waals surface area contributed by atoms with E-state index >= 15 is 0 Å². The van der Waals surface area contributed by atoms with E-state index in [1.807, 2.05) is 0 Å². The van der Waals surface area contributed by atoms with Gasteiger partial charge in [0, 0.05) is 6.54 Å². The third kappa shape index (κ3) is 3.32. The smallest absolute Gasteiger partial charge is 0.323 e. The molecule has 2 aliphatic heterocycles. The topological polar surface area (TPSA) is 52.6 Å². The van der Waals surface area contributed by atoms with Crippen molar-refractivity contribution in [2.75, 3.05) is 19.8 Å². The Hall–Kier alpha value is -1.10. The predicted molar refractivity (Wildman–Crippen MR) is 94.4 cm³/mol. The van der Waals surface area contributed by atoms with Crippen LogP contribution in [0.2, 0.25) is 0 Å². The summed E-state index contributed by atoms with van der Waals surface area (Å²) in [7, 11) is 0. The third-order valence-electron chi connectivity index (χ3n) is 6.15. The minimum Gasteiger partial charge on any atom is -0.323 e. The van der Waals surface area contributed by atoms with Gasteiger partial charge in [0.25, 0.3) is 5.91 Å². The summed E-state index contributed by atoms with van der Waals surface area (Å²) in [4.78, 5) is 29.5. The number of carbonyl (C=O) groups is 2. The molecule has 0 unspecified atom stereocenters. The van der Waals surface area contributed by atoms with Gasteiger partial charge in [0.15, 0.2) is 0 Å². The standard InChI is InChI=1S/C19H33N3O2/c1-5-15-7-6-8-21(11-15)13-22-16(23)19(20-17(22)24)10-14(2)9-18(3,4)12-19/h14-15H,5-13H2,1-4H3,(H,20,24)/t14-,15-,19-/m1/s1. The van der Waals surface area contributed by atoms with E-state index in [1.54, 1.807) is 0 Å². The minimum atomic E-state index is -0.668. The number of piperidine rings is 1. The highest BCUT2D eigenvalue weighted by atomic mass is 16.2. The number of amides is 3. The van der Waals surface area contributed by atoms with E-state index in [-0.39, 0.29) is 17.4 Å². The largest absolute Gasteiger partial charge is 0.326 e. The van der Waals surface area contributed by atoms with Crippen LogP contribution in [0.1, 0.15) is 66.2 Å². The molecule has 1 saturated carbocycles. The summed E-state index contributed by atoms with van der Waals surface area (Å²) in [6, 6.07) is -0.191. The Kier molecular flexibility index (Phi) is 4.67. The maximum absolute atomic E-state index is 13.2. The SMILES string of the molecule is CC[C@@H]1CCCN(CN2C(=O)N[C@@]3(C[C@H](C)CC(C)(C)C3)C2=O)C1. The van der Waals surface area contributed by atoms with Gasteiger partial charge in [0.05, 0.1) is 6.67 Å². The molecule has 0 bridgehead atoms. The Morgan fingerprint density at radius 3 is 2.67 bits per heavy atom. The summed E-state index contributed by atoms with van der Waals surface area (Å²) in [5, 5.41) is 3.08. The van der Waals surface area contributed by atoms with E-state index in [0.29, 0.717) is 18.5 Å². The van der Waals surface area contributed by atoms with Crippen LogP contribution in [0.15, 0.2) is 0 Å². The van der Waals surface area contributed by atoms with Crippen molar-refractivity contribution in [3.8, 4) is 0 Å². The molecule has 1 spiro atoms. The quantitative estimate of drug-likeness (QED) is 0.806. The Morgan fingerprint density at radius 1 is 1.25 bits per heavy atom. The van der Waals surface area contributed by atoms with Crippen LogP contribution in [0, 0.1) is 17.3 Å². The lowest BCUT2D eigenvalue weighted by atomic mass is 9.64. The molecule has 2 heterocycles. The van der Waals surface area contributed by atoms with Crippen LogP contribution in [-0.4, -0.2) is 47.0 Å². The van der Waals surface area contributed by atoms with Crippen LogP contribution >= 0.6 is 0 Å². The number of nitrogens with one attached hydrogen (secondary N) is 1. The van der Waals surface area contributed by atoms with E-state index in [0.717, 1.165) is 38.8 Å². The summed E-state index contributed by atoms with van der Waals surface area (Å²) in [6.07, 6.45) is 6.24. The molecule has 1 aliphatic carbocycles. The van der Waals surface area contributed by atoms with Gasteiger partial charge in [0.2, 0.25) is 0 Å². The van der Waals surface area contributed by atoms with Crippen molar-refractivity contribution in [1.29, 1.82) is 0 Å². The molecule has 3 rings (SSSR count). The molecule has 2 saturated heterocycles. The highest BCUT2D eigenvalue weighted by Crippen LogP contribution is 2.46. The number of rotatable bonds is 3. The first-order chi connectivity index (χ1) is 11.2. The van der Waals surface area contributed by atoms with Gasteiger partial charge in [-0.25, -0.2) is 9.69 Å². The van der Waals surface area contributed by atoms with Gasteiger partial charge in [-0.15, -0.1) is 0 Å². The zero-order chi connectivity index (χ0) is 17.5. The highest BCUT2D eigenvalue weighted by molar-refractivity contribution is 6.07. The highest BCUT2D eigenvalue weighted by Gasteiger charge is 2.56. The first kappa shape index (κ1) is 17.7. The molecule has 1 N–H and O–H groups in total. The number of imide groups is 1. The summed E-state index contributed by atoms with van der Waals surface area (Å²) in [5.41, 5.74) is -0.576. The molecular weight excluding hydrogens is 302 g/mol. The van der Waals surface area contributed by atoms with Crippen molar-refractivity contribution in [2.45, 2.75) is 71.8 Å². The molecule has 24 heavy (non-hydrogen) atoms. The molecule has 5 nitrogen and oxygen atoms in total. The van der Waals surface area contributed by atoms with Gasteiger partial charge in [-0.3, -0.25) is 9.69 Å².